The lowest BCUT2D eigenvalue weighted by molar-refractivity contribution is 0.286. The molecule has 746 valence electrons. The van der Waals surface area contributed by atoms with Crippen LogP contribution in [-0.4, -0.2) is 0 Å². The molecule has 0 amide bonds. The van der Waals surface area contributed by atoms with Gasteiger partial charge in [0.2, 0.25) is 0 Å². The molecule has 16 rings (SSSR count). The van der Waals surface area contributed by atoms with E-state index in [0.717, 1.165) is 70.9 Å². The molecule has 0 spiro atoms. The normalized spacial score (nSPS) is 14.1. The second-order valence-corrected chi connectivity index (χ2v) is 37.5. The summed E-state index contributed by atoms with van der Waals surface area (Å²) in [6.07, 6.45) is 11.8. The van der Waals surface area contributed by atoms with Crippen molar-refractivity contribution in [3.63, 3.8) is 0 Å². The van der Waals surface area contributed by atoms with E-state index in [1.54, 1.807) is 133 Å². The Morgan fingerprint density at radius 2 is 0.348 bits per heavy atom. The highest BCUT2D eigenvalue weighted by Gasteiger charge is 2.26. The highest BCUT2D eigenvalue weighted by atomic mass is 19.2. The first-order chi connectivity index (χ1) is 66.7. The number of benzene rings is 14. The van der Waals surface area contributed by atoms with E-state index in [1.807, 2.05) is 62.4 Å². The van der Waals surface area contributed by atoms with Gasteiger partial charge in [0.15, 0.2) is 105 Å². The lowest BCUT2D eigenvalue weighted by Crippen LogP contribution is -2.15. The first-order valence-corrected chi connectivity index (χ1v) is 47.0. The van der Waals surface area contributed by atoms with Crippen LogP contribution < -0.4 is 0 Å². The van der Waals surface area contributed by atoms with Gasteiger partial charge in [0, 0.05) is 38.5 Å². The van der Waals surface area contributed by atoms with Gasteiger partial charge >= 0.3 is 0 Å². The highest BCUT2D eigenvalue weighted by Crippen LogP contribution is 2.36. The Labute approximate surface area is 815 Å². The van der Waals surface area contributed by atoms with Gasteiger partial charge in [-0.1, -0.05) is 245 Å². The van der Waals surface area contributed by atoms with Crippen molar-refractivity contribution in [1.82, 2.24) is 0 Å². The smallest absolute Gasteiger partial charge is 0.162 e. The van der Waals surface area contributed by atoms with Crippen molar-refractivity contribution < 1.29 is 92.2 Å². The van der Waals surface area contributed by atoms with Crippen LogP contribution in [0.1, 0.15) is 221 Å². The second kappa shape index (κ2) is 52.4. The molecule has 14 aromatic carbocycles. The van der Waals surface area contributed by atoms with Gasteiger partial charge in [-0.3, -0.25) is 0 Å². The number of aryl methyl sites for hydroxylation is 14. The van der Waals surface area contributed by atoms with Crippen LogP contribution in [-0.2, 0) is 51.4 Å². The minimum atomic E-state index is -1.01. The zero-order valence-corrected chi connectivity index (χ0v) is 82.3. The van der Waals surface area contributed by atoms with E-state index in [0.29, 0.717) is 104 Å². The summed E-state index contributed by atoms with van der Waals surface area (Å²) in [5, 5.41) is 0. The largest absolute Gasteiger partial charge is 0.207 e. The van der Waals surface area contributed by atoms with Crippen LogP contribution >= 0.6 is 0 Å². The SMILES string of the molecule is Cc1ccc(CC2CCC(C)CC2)c(F)c1F.Cc1ccc(CC2CCC(C)CC2)c(F)c1F.Cc1ccc(Cc2ccc(C)c(F)c2F)c(F)c1.Cc1ccc(Cc2ccc(C)c(F)c2F)c(F)c1.Cc1ccc(Cc2ccc(C)c(F)c2F)c(F)c1F.Cc1ccc(Cc2ccc(C)c(F)c2F)cc1.Cc1ccc(Cc2ccc(C)c(F)c2F)cc1.Cc1ccc(Cc2ccc(C)c(F)c2F)cc1F. The monoisotopic (exact) mass is 1960 g/mol. The van der Waals surface area contributed by atoms with Crippen molar-refractivity contribution in [3.05, 3.63) is 490 Å². The molecule has 0 aromatic heterocycles. The van der Waals surface area contributed by atoms with Gasteiger partial charge in [0.25, 0.3) is 0 Å². The van der Waals surface area contributed by atoms with Crippen molar-refractivity contribution in [2.24, 2.45) is 23.7 Å². The zero-order valence-electron chi connectivity index (χ0n) is 82.3. The topological polar surface area (TPSA) is 0 Å². The van der Waals surface area contributed by atoms with Crippen LogP contribution in [0.15, 0.2) is 212 Å². The molecule has 0 heterocycles. The first kappa shape index (κ1) is 112. The fraction of sp³-hybridized carbons (Fsp3) is 0.300. The lowest BCUT2D eigenvalue weighted by Gasteiger charge is -2.26. The van der Waals surface area contributed by atoms with Crippen LogP contribution in [0.25, 0.3) is 0 Å². The molecule has 2 saturated carbocycles. The average Bonchev–Trinajstić information content (AvgIpc) is 0.780. The third-order valence-corrected chi connectivity index (χ3v) is 25.7. The maximum atomic E-state index is 13.7. The number of hydrogen-bond acceptors (Lipinski definition) is 0. The Kier molecular flexibility index (Phi) is 41.7. The van der Waals surface area contributed by atoms with Crippen LogP contribution in [0.2, 0.25) is 0 Å². The van der Waals surface area contributed by atoms with E-state index in [-0.39, 0.29) is 87.1 Å². The van der Waals surface area contributed by atoms with Gasteiger partial charge in [-0.2, -0.15) is 0 Å². The first-order valence-electron chi connectivity index (χ1n) is 47.0. The van der Waals surface area contributed by atoms with Crippen molar-refractivity contribution >= 4 is 0 Å². The molecule has 141 heavy (non-hydrogen) atoms. The third-order valence-electron chi connectivity index (χ3n) is 25.7. The van der Waals surface area contributed by atoms with Crippen LogP contribution in [0.5, 0.6) is 0 Å². The van der Waals surface area contributed by atoms with E-state index in [2.05, 4.69) is 13.8 Å². The number of hydrogen-bond donors (Lipinski definition) is 0. The molecule has 14 aromatic rings. The maximum Gasteiger partial charge on any atom is 0.162 e. The molecular weight excluding hydrogens is 1840 g/mol. The van der Waals surface area contributed by atoms with Gasteiger partial charge in [0.05, 0.1) is 0 Å². The Bertz CT molecular complexity index is 6260. The lowest BCUT2D eigenvalue weighted by atomic mass is 9.80. The third kappa shape index (κ3) is 31.8. The summed E-state index contributed by atoms with van der Waals surface area (Å²) in [7, 11) is 0. The summed E-state index contributed by atoms with van der Waals surface area (Å²) in [4.78, 5) is 0. The van der Waals surface area contributed by atoms with Crippen LogP contribution in [0, 0.1) is 243 Å². The summed E-state index contributed by atoms with van der Waals surface area (Å²) < 4.78 is 284. The second-order valence-electron chi connectivity index (χ2n) is 37.5. The quantitative estimate of drug-likeness (QED) is 0.0846. The molecule has 2 fully saturated rings. The molecular formula is C120H119F21. The molecule has 0 unspecified atom stereocenters. The van der Waals surface area contributed by atoms with Crippen molar-refractivity contribution in [1.29, 1.82) is 0 Å². The average molecular weight is 1960 g/mol. The van der Waals surface area contributed by atoms with E-state index >= 15 is 0 Å². The summed E-state index contributed by atoms with van der Waals surface area (Å²) in [6, 6.07) is 57.8. The van der Waals surface area contributed by atoms with Gasteiger partial charge in [-0.15, -0.1) is 0 Å². The summed E-state index contributed by atoms with van der Waals surface area (Å²) in [5.41, 5.74) is 12.8. The minimum Gasteiger partial charge on any atom is -0.207 e. The van der Waals surface area contributed by atoms with E-state index in [1.165, 1.54) is 139 Å². The molecule has 0 N–H and O–H groups in total. The fourth-order valence-electron chi connectivity index (χ4n) is 16.2. The summed E-state index contributed by atoms with van der Waals surface area (Å²) in [6.45, 7) is 27.4. The van der Waals surface area contributed by atoms with Gasteiger partial charge in [-0.05, 0) is 322 Å². The van der Waals surface area contributed by atoms with Crippen LogP contribution in [0.4, 0.5) is 92.2 Å². The zero-order chi connectivity index (χ0) is 104. The van der Waals surface area contributed by atoms with Gasteiger partial charge < -0.3 is 0 Å². The van der Waals surface area contributed by atoms with Crippen molar-refractivity contribution in [2.75, 3.05) is 0 Å². The standard InChI is InChI=1S/C15H12F4.3C15H13F3.2C15H20F2.2C15H14F2/c1-8-3-5-10(14(18)12(8)16)7-11-6-4-9(2)13(17)15(11)19;1-9-3-5-11(8-13(9)16)7-12-6-4-10(2)14(17)15(12)18;2*1-9-3-5-11(13(16)7-9)8-12-6-4-10(2)14(17)15(12)18;4*1-10-3-6-12(7-4-10)9-13-8-5-11(2)14(16)15(13)17/h3-6H,7H2,1-2H3;3-6,8H,7H2,1-2H3;2*3-7H,8H2,1-2H3;2*5,8,10,12H,3-4,6-7,9H2,1-2H3;2*3-8H,9H2,1-2H3. The van der Waals surface area contributed by atoms with Crippen molar-refractivity contribution in [3.8, 4) is 0 Å². The Morgan fingerprint density at radius 1 is 0.163 bits per heavy atom. The van der Waals surface area contributed by atoms with E-state index < -0.39 is 116 Å². The molecule has 0 atom stereocenters. The molecule has 0 saturated heterocycles. The maximum absolute atomic E-state index is 13.7. The van der Waals surface area contributed by atoms with E-state index in [4.69, 9.17) is 0 Å². The number of halogens is 21. The molecule has 2 aliphatic carbocycles. The molecule has 0 bridgehead atoms. The Morgan fingerprint density at radius 3 is 0.582 bits per heavy atom. The molecule has 0 aliphatic heterocycles. The molecule has 2 aliphatic rings. The van der Waals surface area contributed by atoms with Crippen LogP contribution in [0.3, 0.4) is 0 Å². The van der Waals surface area contributed by atoms with Gasteiger partial charge in [0.1, 0.15) is 17.5 Å². The predicted octanol–water partition coefficient (Wildman–Crippen LogP) is 35.0. The molecule has 0 nitrogen and oxygen atoms in total. The molecule has 0 radical (unpaired) electrons. The van der Waals surface area contributed by atoms with Gasteiger partial charge in [-0.25, -0.2) is 92.2 Å². The summed E-state index contributed by atoms with van der Waals surface area (Å²) >= 11 is 0. The predicted molar refractivity (Wildman–Crippen MR) is 522 cm³/mol. The molecule has 21 heteroatoms. The van der Waals surface area contributed by atoms with E-state index in [9.17, 15) is 92.2 Å². The number of rotatable bonds is 16. The Hall–Kier alpha value is -12.4. The Balaban J connectivity index is 0.000000180. The fourth-order valence-corrected chi connectivity index (χ4v) is 16.2. The van der Waals surface area contributed by atoms with Crippen molar-refractivity contribution in [2.45, 2.75) is 214 Å². The minimum absolute atomic E-state index is 0.00486. The highest BCUT2D eigenvalue weighted by molar-refractivity contribution is 5.41. The summed E-state index contributed by atoms with van der Waals surface area (Å²) in [5.74, 6) is -13.2.